The molecule has 0 aromatic carbocycles. The molecule has 0 radical (unpaired) electrons. The third-order valence-electron chi connectivity index (χ3n) is 3.64. The van der Waals surface area contributed by atoms with Crippen molar-refractivity contribution in [2.24, 2.45) is 7.05 Å². The summed E-state index contributed by atoms with van der Waals surface area (Å²) in [6.07, 6.45) is 7.40. The monoisotopic (exact) mass is 282 g/mol. The fourth-order valence-corrected chi connectivity index (χ4v) is 2.17. The summed E-state index contributed by atoms with van der Waals surface area (Å²) in [7, 11) is 1.95. The Morgan fingerprint density at radius 3 is 2.57 bits per heavy atom. The summed E-state index contributed by atoms with van der Waals surface area (Å²) in [5, 5.41) is 7.60. The predicted octanol–water partition coefficient (Wildman–Crippen LogP) is 2.23. The molecule has 0 amide bonds. The molecule has 0 aliphatic carbocycles. The first-order valence-corrected chi connectivity index (χ1v) is 6.83. The van der Waals surface area contributed by atoms with Crippen LogP contribution in [-0.2, 0) is 13.6 Å². The van der Waals surface area contributed by atoms with Crippen molar-refractivity contribution >= 4 is 5.69 Å². The van der Waals surface area contributed by atoms with E-state index in [4.69, 9.17) is 0 Å². The molecular weight excluding hydrogens is 264 g/mol. The number of nitrogens with one attached hydrogen (secondary N) is 1. The van der Waals surface area contributed by atoms with Crippen molar-refractivity contribution in [3.8, 4) is 5.82 Å². The molecule has 108 valence electrons. The zero-order valence-electron chi connectivity index (χ0n) is 12.4. The Hall–Kier alpha value is -2.63. The van der Waals surface area contributed by atoms with Crippen molar-refractivity contribution in [3.63, 3.8) is 0 Å². The van der Waals surface area contributed by atoms with E-state index in [-0.39, 0.29) is 0 Å². The second-order valence-electron chi connectivity index (χ2n) is 4.98. The van der Waals surface area contributed by atoms with Gasteiger partial charge in [-0.15, -0.1) is 0 Å². The van der Waals surface area contributed by atoms with Crippen molar-refractivity contribution in [3.05, 3.63) is 54.0 Å². The molecule has 0 saturated carbocycles. The van der Waals surface area contributed by atoms with Crippen molar-refractivity contribution in [2.45, 2.75) is 20.4 Å². The number of pyridine rings is 1. The number of anilines is 1. The van der Waals surface area contributed by atoms with Gasteiger partial charge in [0, 0.05) is 37.2 Å². The molecule has 0 spiro atoms. The molecule has 0 saturated heterocycles. The Morgan fingerprint density at radius 2 is 2.00 bits per heavy atom. The third-order valence-corrected chi connectivity index (χ3v) is 3.64. The molecule has 1 N–H and O–H groups in total. The number of rotatable bonds is 4. The Bertz CT molecular complexity index is 738. The predicted molar refractivity (Wildman–Crippen MR) is 81.4 cm³/mol. The molecule has 6 heteroatoms. The van der Waals surface area contributed by atoms with E-state index in [1.54, 1.807) is 6.20 Å². The quantitative estimate of drug-likeness (QED) is 0.797. The van der Waals surface area contributed by atoms with E-state index in [1.165, 1.54) is 11.3 Å². The lowest BCUT2D eigenvalue weighted by atomic mass is 10.2. The second-order valence-corrected chi connectivity index (χ2v) is 4.98. The van der Waals surface area contributed by atoms with Gasteiger partial charge in [0.05, 0.1) is 18.1 Å². The molecule has 3 heterocycles. The van der Waals surface area contributed by atoms with Gasteiger partial charge in [0.2, 0.25) is 0 Å². The van der Waals surface area contributed by atoms with Crippen molar-refractivity contribution in [1.82, 2.24) is 24.3 Å². The topological polar surface area (TPSA) is 60.6 Å². The summed E-state index contributed by atoms with van der Waals surface area (Å²) < 4.78 is 3.83. The van der Waals surface area contributed by atoms with Crippen LogP contribution in [0.2, 0.25) is 0 Å². The lowest BCUT2D eigenvalue weighted by Crippen LogP contribution is -2.03. The van der Waals surface area contributed by atoms with Gasteiger partial charge in [-0.3, -0.25) is 9.25 Å². The molecule has 0 bridgehead atoms. The van der Waals surface area contributed by atoms with Crippen LogP contribution in [0.25, 0.3) is 5.82 Å². The zero-order valence-corrected chi connectivity index (χ0v) is 12.4. The minimum Gasteiger partial charge on any atom is -0.380 e. The van der Waals surface area contributed by atoms with Gasteiger partial charge in [-0.2, -0.15) is 5.10 Å². The molecule has 0 fully saturated rings. The summed E-state index contributed by atoms with van der Waals surface area (Å²) in [5.74, 6) is 1.79. The molecule has 0 unspecified atom stereocenters. The average Bonchev–Trinajstić information content (AvgIpc) is 3.05. The van der Waals surface area contributed by atoms with Gasteiger partial charge in [-0.1, -0.05) is 0 Å². The van der Waals surface area contributed by atoms with E-state index in [0.717, 1.165) is 23.9 Å². The maximum Gasteiger partial charge on any atom is 0.138 e. The maximum atomic E-state index is 4.46. The van der Waals surface area contributed by atoms with E-state index < -0.39 is 0 Å². The third kappa shape index (κ3) is 2.65. The van der Waals surface area contributed by atoms with E-state index in [9.17, 15) is 0 Å². The van der Waals surface area contributed by atoms with Gasteiger partial charge < -0.3 is 5.32 Å². The van der Waals surface area contributed by atoms with Gasteiger partial charge in [-0.25, -0.2) is 9.97 Å². The van der Waals surface area contributed by atoms with Crippen LogP contribution in [0.1, 0.15) is 17.1 Å². The molecule has 3 aromatic heterocycles. The first-order chi connectivity index (χ1) is 10.1. The normalized spacial score (nSPS) is 10.8. The summed E-state index contributed by atoms with van der Waals surface area (Å²) in [4.78, 5) is 8.66. The molecule has 0 atom stereocenters. The van der Waals surface area contributed by atoms with Gasteiger partial charge in [0.1, 0.15) is 11.6 Å². The Balaban J connectivity index is 1.70. The summed E-state index contributed by atoms with van der Waals surface area (Å²) in [5.41, 5.74) is 3.34. The number of nitrogens with zero attached hydrogens (tertiary/aromatic N) is 5. The van der Waals surface area contributed by atoms with Crippen molar-refractivity contribution < 1.29 is 0 Å². The highest BCUT2D eigenvalue weighted by Gasteiger charge is 2.04. The van der Waals surface area contributed by atoms with Gasteiger partial charge in [0.15, 0.2) is 0 Å². The number of hydrogen-bond acceptors (Lipinski definition) is 4. The SMILES string of the molecule is Cc1nccn1-c1ccc(NCc2cnn(C)c2C)cn1. The molecule has 3 rings (SSSR count). The molecule has 0 aliphatic rings. The fourth-order valence-electron chi connectivity index (χ4n) is 2.17. The first-order valence-electron chi connectivity index (χ1n) is 6.83. The minimum atomic E-state index is 0.741. The van der Waals surface area contributed by atoms with E-state index in [1.807, 2.05) is 53.9 Å². The highest BCUT2D eigenvalue weighted by atomic mass is 15.3. The summed E-state index contributed by atoms with van der Waals surface area (Å²) >= 11 is 0. The van der Waals surface area contributed by atoms with E-state index >= 15 is 0 Å². The van der Waals surface area contributed by atoms with Crippen molar-refractivity contribution in [2.75, 3.05) is 5.32 Å². The lowest BCUT2D eigenvalue weighted by Gasteiger charge is -2.08. The molecule has 21 heavy (non-hydrogen) atoms. The van der Waals surface area contributed by atoms with Crippen LogP contribution in [0.4, 0.5) is 5.69 Å². The Kier molecular flexibility index (Phi) is 3.43. The molecule has 0 aliphatic heterocycles. The van der Waals surface area contributed by atoms with Gasteiger partial charge in [-0.05, 0) is 26.0 Å². The van der Waals surface area contributed by atoms with Crippen LogP contribution >= 0.6 is 0 Å². The maximum absolute atomic E-state index is 4.46. The van der Waals surface area contributed by atoms with Gasteiger partial charge in [0.25, 0.3) is 0 Å². The van der Waals surface area contributed by atoms with Crippen LogP contribution < -0.4 is 5.32 Å². The van der Waals surface area contributed by atoms with E-state index in [2.05, 4.69) is 27.3 Å². The molecule has 6 nitrogen and oxygen atoms in total. The van der Waals surface area contributed by atoms with Crippen molar-refractivity contribution in [1.29, 1.82) is 0 Å². The minimum absolute atomic E-state index is 0.741. The van der Waals surface area contributed by atoms with Crippen LogP contribution in [-0.4, -0.2) is 24.3 Å². The smallest absolute Gasteiger partial charge is 0.138 e. The molecular formula is C15H18N6. The van der Waals surface area contributed by atoms with E-state index in [0.29, 0.717) is 0 Å². The lowest BCUT2D eigenvalue weighted by molar-refractivity contribution is 0.738. The van der Waals surface area contributed by atoms with Crippen LogP contribution in [0.3, 0.4) is 0 Å². The Morgan fingerprint density at radius 1 is 1.14 bits per heavy atom. The standard InChI is InChI=1S/C15H18N6/c1-11-13(9-19-20(11)3)8-17-14-4-5-15(18-10-14)21-7-6-16-12(21)2/h4-7,9-10,17H,8H2,1-3H3. The fraction of sp³-hybridized carbons (Fsp3) is 0.267. The molecule has 3 aromatic rings. The largest absolute Gasteiger partial charge is 0.380 e. The highest BCUT2D eigenvalue weighted by Crippen LogP contribution is 2.13. The average molecular weight is 282 g/mol. The van der Waals surface area contributed by atoms with Crippen LogP contribution in [0, 0.1) is 13.8 Å². The summed E-state index contributed by atoms with van der Waals surface area (Å²) in [6, 6.07) is 4.00. The van der Waals surface area contributed by atoms with Gasteiger partial charge >= 0.3 is 0 Å². The zero-order chi connectivity index (χ0) is 14.8. The van der Waals surface area contributed by atoms with Crippen LogP contribution in [0.5, 0.6) is 0 Å². The number of aromatic nitrogens is 5. The second kappa shape index (κ2) is 5.40. The Labute approximate surface area is 123 Å². The number of aryl methyl sites for hydroxylation is 2. The number of imidazole rings is 1. The first kappa shape index (κ1) is 13.4. The number of hydrogen-bond donors (Lipinski definition) is 1. The van der Waals surface area contributed by atoms with Crippen LogP contribution in [0.15, 0.2) is 36.9 Å². The highest BCUT2D eigenvalue weighted by molar-refractivity contribution is 5.44. The summed E-state index contributed by atoms with van der Waals surface area (Å²) in [6.45, 7) is 4.76.